The maximum atomic E-state index is 11.0. The fourth-order valence-electron chi connectivity index (χ4n) is 2.73. The van der Waals surface area contributed by atoms with Crippen molar-refractivity contribution >= 4 is 28.9 Å². The van der Waals surface area contributed by atoms with Crippen LogP contribution < -0.4 is 11.5 Å². The molecule has 0 aliphatic rings. The third-order valence-corrected chi connectivity index (χ3v) is 4.08. The lowest BCUT2D eigenvalue weighted by atomic mass is 9.91. The smallest absolute Gasteiger partial charge is 0.335 e. The molecule has 0 aliphatic heterocycles. The molecule has 8 heteroatoms. The highest BCUT2D eigenvalue weighted by molar-refractivity contribution is 5.87. The Hall–Kier alpha value is -3.29. The van der Waals surface area contributed by atoms with Crippen molar-refractivity contribution in [2.45, 2.75) is 25.7 Å². The van der Waals surface area contributed by atoms with Crippen molar-refractivity contribution in [1.82, 2.24) is 19.9 Å². The predicted molar refractivity (Wildman–Crippen MR) is 94.1 cm³/mol. The lowest BCUT2D eigenvalue weighted by Gasteiger charge is -2.15. The van der Waals surface area contributed by atoms with E-state index in [-0.39, 0.29) is 23.2 Å². The Bertz CT molecular complexity index is 926. The molecule has 0 aliphatic carbocycles. The first-order valence-electron chi connectivity index (χ1n) is 7.85. The maximum absolute atomic E-state index is 11.0. The number of aromatic nitrogens is 4. The third-order valence-electron chi connectivity index (χ3n) is 4.08. The van der Waals surface area contributed by atoms with Gasteiger partial charge in [-0.2, -0.15) is 9.97 Å². The summed E-state index contributed by atoms with van der Waals surface area (Å²) in [5.41, 5.74) is 14.3. The Morgan fingerprint density at radius 3 is 2.52 bits per heavy atom. The van der Waals surface area contributed by atoms with E-state index in [2.05, 4.69) is 26.9 Å². The molecule has 3 aromatic rings. The number of carboxylic acid groups (broad SMARTS) is 1. The highest BCUT2D eigenvalue weighted by Gasteiger charge is 2.14. The average molecular weight is 338 g/mol. The number of nitrogen functional groups attached to an aromatic ring is 2. The molecular weight excluding hydrogens is 320 g/mol. The molecule has 0 radical (unpaired) electrons. The largest absolute Gasteiger partial charge is 0.478 e. The molecule has 0 fully saturated rings. The van der Waals surface area contributed by atoms with E-state index in [0.29, 0.717) is 17.6 Å². The van der Waals surface area contributed by atoms with Gasteiger partial charge in [0, 0.05) is 0 Å². The number of anilines is 2. The van der Waals surface area contributed by atoms with Gasteiger partial charge >= 0.3 is 5.97 Å². The van der Waals surface area contributed by atoms with Crippen molar-refractivity contribution in [3.05, 3.63) is 47.3 Å². The summed E-state index contributed by atoms with van der Waals surface area (Å²) < 4.78 is 0. The van der Waals surface area contributed by atoms with E-state index >= 15 is 0 Å². The Balaban J connectivity index is 1.88. The van der Waals surface area contributed by atoms with Gasteiger partial charge in [0.1, 0.15) is 0 Å². The van der Waals surface area contributed by atoms with Gasteiger partial charge in [0.25, 0.3) is 0 Å². The van der Waals surface area contributed by atoms with Gasteiger partial charge in [0.2, 0.25) is 5.95 Å². The first kappa shape index (κ1) is 16.6. The second-order valence-electron chi connectivity index (χ2n) is 5.74. The topological polar surface area (TPSA) is 141 Å². The van der Waals surface area contributed by atoms with E-state index in [1.54, 1.807) is 18.3 Å². The van der Waals surface area contributed by atoms with Crippen LogP contribution in [0.1, 0.15) is 40.9 Å². The van der Waals surface area contributed by atoms with Crippen molar-refractivity contribution in [2.24, 2.45) is 0 Å². The number of carbonyl (C=O) groups is 1. The number of aromatic carboxylic acids is 1. The predicted octanol–water partition coefficient (Wildman–Crippen LogP) is 2.02. The summed E-state index contributed by atoms with van der Waals surface area (Å²) in [6.45, 7) is 2.07. The number of hydrogen-bond donors (Lipinski definition) is 3. The van der Waals surface area contributed by atoms with E-state index < -0.39 is 5.97 Å². The molecule has 2 heterocycles. The summed E-state index contributed by atoms with van der Waals surface area (Å²) in [7, 11) is 0. The molecule has 2 aromatic heterocycles. The van der Waals surface area contributed by atoms with Crippen LogP contribution in [0.4, 0.5) is 11.8 Å². The number of rotatable bonds is 5. The van der Waals surface area contributed by atoms with Crippen LogP contribution in [0.2, 0.25) is 0 Å². The fourth-order valence-corrected chi connectivity index (χ4v) is 2.73. The highest BCUT2D eigenvalue weighted by atomic mass is 16.4. The standard InChI is InChI=1S/C17H18N6O2/c1-2-9(10-3-5-11(6-4-10)16(24)25)7-12-8-20-15-13(21-12)14(18)22-17(19)23-15/h3-6,8-9H,2,7H2,1H3,(H,24,25)(H4,18,19,20,22,23)/t9-/m1/s1. The molecule has 8 nitrogen and oxygen atoms in total. The summed E-state index contributed by atoms with van der Waals surface area (Å²) >= 11 is 0. The Morgan fingerprint density at radius 1 is 1.16 bits per heavy atom. The average Bonchev–Trinajstić information content (AvgIpc) is 2.60. The molecule has 5 N–H and O–H groups in total. The van der Waals surface area contributed by atoms with Gasteiger partial charge < -0.3 is 16.6 Å². The van der Waals surface area contributed by atoms with Crippen molar-refractivity contribution in [2.75, 3.05) is 11.5 Å². The van der Waals surface area contributed by atoms with Gasteiger partial charge in [-0.1, -0.05) is 19.1 Å². The van der Waals surface area contributed by atoms with Crippen LogP contribution in [0.5, 0.6) is 0 Å². The van der Waals surface area contributed by atoms with Crippen LogP contribution in [0.25, 0.3) is 11.2 Å². The Morgan fingerprint density at radius 2 is 1.88 bits per heavy atom. The normalized spacial score (nSPS) is 12.2. The van der Waals surface area contributed by atoms with Gasteiger partial charge in [-0.3, -0.25) is 0 Å². The number of hydrogen-bond acceptors (Lipinski definition) is 7. The number of carboxylic acids is 1. The van der Waals surface area contributed by atoms with Crippen molar-refractivity contribution in [3.63, 3.8) is 0 Å². The lowest BCUT2D eigenvalue weighted by Crippen LogP contribution is -2.07. The highest BCUT2D eigenvalue weighted by Crippen LogP contribution is 2.25. The van der Waals surface area contributed by atoms with Crippen molar-refractivity contribution < 1.29 is 9.90 Å². The van der Waals surface area contributed by atoms with Crippen LogP contribution in [0.15, 0.2) is 30.5 Å². The fraction of sp³-hybridized carbons (Fsp3) is 0.235. The number of nitrogens with two attached hydrogens (primary N) is 2. The SMILES string of the molecule is CC[C@H](Cc1cnc2nc(N)nc(N)c2n1)c1ccc(C(=O)O)cc1. The molecule has 1 aromatic carbocycles. The number of fused-ring (bicyclic) bond motifs is 1. The zero-order valence-electron chi connectivity index (χ0n) is 13.7. The van der Waals surface area contributed by atoms with Crippen LogP contribution in [-0.2, 0) is 6.42 Å². The summed E-state index contributed by atoms with van der Waals surface area (Å²) in [5, 5.41) is 9.00. The van der Waals surface area contributed by atoms with Crippen molar-refractivity contribution in [3.8, 4) is 0 Å². The van der Waals surface area contributed by atoms with E-state index in [0.717, 1.165) is 17.7 Å². The van der Waals surface area contributed by atoms with Crippen molar-refractivity contribution in [1.29, 1.82) is 0 Å². The minimum absolute atomic E-state index is 0.0667. The molecular formula is C17H18N6O2. The van der Waals surface area contributed by atoms with Gasteiger partial charge in [-0.05, 0) is 36.5 Å². The van der Waals surface area contributed by atoms with Crippen LogP contribution in [0, 0.1) is 0 Å². The molecule has 0 bridgehead atoms. The zero-order valence-corrected chi connectivity index (χ0v) is 13.7. The zero-order chi connectivity index (χ0) is 18.0. The molecule has 0 spiro atoms. The quantitative estimate of drug-likeness (QED) is 0.641. The molecule has 0 saturated heterocycles. The van der Waals surface area contributed by atoms with Gasteiger partial charge in [0.05, 0.1) is 17.5 Å². The second-order valence-corrected chi connectivity index (χ2v) is 5.74. The van der Waals surface area contributed by atoms with Crippen LogP contribution in [-0.4, -0.2) is 31.0 Å². The molecule has 0 unspecified atom stereocenters. The summed E-state index contributed by atoms with van der Waals surface area (Å²) in [6.07, 6.45) is 3.18. The second kappa shape index (κ2) is 6.68. The Kier molecular flexibility index (Phi) is 4.42. The summed E-state index contributed by atoms with van der Waals surface area (Å²) in [4.78, 5) is 27.7. The number of nitrogens with zero attached hydrogens (tertiary/aromatic N) is 4. The maximum Gasteiger partial charge on any atom is 0.335 e. The first-order valence-corrected chi connectivity index (χ1v) is 7.85. The number of benzene rings is 1. The summed E-state index contributed by atoms with van der Waals surface area (Å²) in [6, 6.07) is 6.90. The lowest BCUT2D eigenvalue weighted by molar-refractivity contribution is 0.0697. The third kappa shape index (κ3) is 3.47. The van der Waals surface area contributed by atoms with E-state index in [1.165, 1.54) is 0 Å². The molecule has 128 valence electrons. The molecule has 3 rings (SSSR count). The van der Waals surface area contributed by atoms with Crippen LogP contribution in [0.3, 0.4) is 0 Å². The minimum atomic E-state index is -0.935. The van der Waals surface area contributed by atoms with Gasteiger partial charge in [0.15, 0.2) is 17.0 Å². The Labute approximate surface area is 144 Å². The van der Waals surface area contributed by atoms with Gasteiger partial charge in [-0.25, -0.2) is 14.8 Å². The first-order chi connectivity index (χ1) is 12.0. The van der Waals surface area contributed by atoms with E-state index in [4.69, 9.17) is 16.6 Å². The minimum Gasteiger partial charge on any atom is -0.478 e. The van der Waals surface area contributed by atoms with Crippen LogP contribution >= 0.6 is 0 Å². The summed E-state index contributed by atoms with van der Waals surface area (Å²) in [5.74, 6) is -0.479. The molecule has 25 heavy (non-hydrogen) atoms. The monoisotopic (exact) mass is 338 g/mol. The molecule has 0 saturated carbocycles. The molecule has 1 atom stereocenters. The molecule has 0 amide bonds. The van der Waals surface area contributed by atoms with Gasteiger partial charge in [-0.15, -0.1) is 0 Å². The van der Waals surface area contributed by atoms with E-state index in [9.17, 15) is 4.79 Å². The van der Waals surface area contributed by atoms with E-state index in [1.807, 2.05) is 12.1 Å².